The Morgan fingerprint density at radius 2 is 1.81 bits per heavy atom. The molecule has 0 radical (unpaired) electrons. The maximum atomic E-state index is 11.2. The molecular weight excluding hydrogens is 296 g/mol. The molecule has 0 aliphatic rings. The normalized spacial score (nSPS) is 10.0. The zero-order chi connectivity index (χ0) is 12.1. The highest BCUT2D eigenvalue weighted by molar-refractivity contribution is 6.40. The first-order valence-corrected chi connectivity index (χ1v) is 5.87. The van der Waals surface area contributed by atoms with Crippen LogP contribution in [0, 0.1) is 0 Å². The molecule has 0 heterocycles. The van der Waals surface area contributed by atoms with Gasteiger partial charge in [-0.25, -0.2) is 4.79 Å². The van der Waals surface area contributed by atoms with Crippen molar-refractivity contribution in [1.82, 2.24) is 5.32 Å². The van der Waals surface area contributed by atoms with Crippen LogP contribution < -0.4 is 10.1 Å². The molecule has 0 atom stereocenters. The van der Waals surface area contributed by atoms with Gasteiger partial charge in [0, 0.05) is 17.4 Å². The van der Waals surface area contributed by atoms with Crippen molar-refractivity contribution in [3.8, 4) is 5.75 Å². The smallest absolute Gasteiger partial charge is 0.407 e. The highest BCUT2D eigenvalue weighted by Crippen LogP contribution is 2.35. The average Bonchev–Trinajstić information content (AvgIpc) is 2.20. The lowest BCUT2D eigenvalue weighted by Gasteiger charge is -2.08. The third-order valence-electron chi connectivity index (χ3n) is 1.52. The zero-order valence-corrected chi connectivity index (χ0v) is 10.9. The minimum Gasteiger partial charge on any atom is -0.407 e. The largest absolute Gasteiger partial charge is 0.412 e. The van der Waals surface area contributed by atoms with Crippen LogP contribution in [0.15, 0.2) is 12.1 Å². The van der Waals surface area contributed by atoms with Crippen molar-refractivity contribution < 1.29 is 9.53 Å². The fourth-order valence-electron chi connectivity index (χ4n) is 0.905. The lowest BCUT2D eigenvalue weighted by molar-refractivity contribution is 0.201. The van der Waals surface area contributed by atoms with Crippen LogP contribution in [0.2, 0.25) is 15.1 Å². The quantitative estimate of drug-likeness (QED) is 0.858. The predicted octanol–water partition coefficient (Wildman–Crippen LogP) is 3.97. The van der Waals surface area contributed by atoms with E-state index in [-0.39, 0.29) is 21.7 Å². The zero-order valence-electron chi connectivity index (χ0n) is 7.90. The SMILES string of the molecule is O=C(NCCCl)Oc1c(Cl)cc(Cl)cc1Cl. The van der Waals surface area contributed by atoms with Crippen LogP contribution in [0.4, 0.5) is 4.79 Å². The Hall–Kier alpha value is -0.350. The molecule has 16 heavy (non-hydrogen) atoms. The summed E-state index contributed by atoms with van der Waals surface area (Å²) in [5.41, 5.74) is 0. The Labute approximate surface area is 113 Å². The molecule has 1 aromatic rings. The van der Waals surface area contributed by atoms with Crippen LogP contribution in [0.1, 0.15) is 0 Å². The summed E-state index contributed by atoms with van der Waals surface area (Å²) in [5, 5.41) is 3.10. The summed E-state index contributed by atoms with van der Waals surface area (Å²) in [6.07, 6.45) is -0.674. The summed E-state index contributed by atoms with van der Waals surface area (Å²) < 4.78 is 4.90. The molecule has 1 rings (SSSR count). The monoisotopic (exact) mass is 301 g/mol. The van der Waals surface area contributed by atoms with E-state index in [1.54, 1.807) is 0 Å². The second kappa shape index (κ2) is 6.40. The second-order valence-electron chi connectivity index (χ2n) is 2.70. The van der Waals surface area contributed by atoms with E-state index < -0.39 is 6.09 Å². The van der Waals surface area contributed by atoms with Crippen LogP contribution in [-0.2, 0) is 0 Å². The maximum Gasteiger partial charge on any atom is 0.412 e. The summed E-state index contributed by atoms with van der Waals surface area (Å²) in [7, 11) is 0. The fourth-order valence-corrected chi connectivity index (χ4v) is 1.89. The molecule has 0 aliphatic heterocycles. The molecule has 0 unspecified atom stereocenters. The van der Waals surface area contributed by atoms with Crippen molar-refractivity contribution >= 4 is 52.5 Å². The second-order valence-corrected chi connectivity index (χ2v) is 4.33. The van der Waals surface area contributed by atoms with Gasteiger partial charge >= 0.3 is 6.09 Å². The first kappa shape index (κ1) is 13.7. The standard InChI is InChI=1S/C9H7Cl4NO2/c10-1-2-14-9(15)16-8-6(12)3-5(11)4-7(8)13/h3-4H,1-2H2,(H,14,15). The van der Waals surface area contributed by atoms with E-state index >= 15 is 0 Å². The first-order chi connectivity index (χ1) is 7.54. The van der Waals surface area contributed by atoms with Crippen LogP contribution in [0.25, 0.3) is 0 Å². The van der Waals surface area contributed by atoms with Crippen LogP contribution in [-0.4, -0.2) is 18.5 Å². The van der Waals surface area contributed by atoms with E-state index in [1.807, 2.05) is 0 Å². The first-order valence-electron chi connectivity index (χ1n) is 4.20. The maximum absolute atomic E-state index is 11.2. The number of hydrogen-bond acceptors (Lipinski definition) is 2. The lowest BCUT2D eigenvalue weighted by atomic mass is 10.3. The highest BCUT2D eigenvalue weighted by atomic mass is 35.5. The Morgan fingerprint density at radius 1 is 1.25 bits per heavy atom. The average molecular weight is 303 g/mol. The van der Waals surface area contributed by atoms with Gasteiger partial charge in [-0.15, -0.1) is 11.6 Å². The molecule has 1 aromatic carbocycles. The van der Waals surface area contributed by atoms with E-state index in [4.69, 9.17) is 51.1 Å². The van der Waals surface area contributed by atoms with E-state index in [1.165, 1.54) is 12.1 Å². The van der Waals surface area contributed by atoms with E-state index in [2.05, 4.69) is 5.32 Å². The predicted molar refractivity (Wildman–Crippen MR) is 66.2 cm³/mol. The minimum atomic E-state index is -0.674. The number of ether oxygens (including phenoxy) is 1. The summed E-state index contributed by atoms with van der Waals surface area (Å²) >= 11 is 22.7. The fraction of sp³-hybridized carbons (Fsp3) is 0.222. The number of hydrogen-bond donors (Lipinski definition) is 1. The van der Waals surface area contributed by atoms with Crippen LogP contribution in [0.5, 0.6) is 5.75 Å². The van der Waals surface area contributed by atoms with Crippen molar-refractivity contribution in [3.05, 3.63) is 27.2 Å². The van der Waals surface area contributed by atoms with Gasteiger partial charge in [0.25, 0.3) is 0 Å². The number of carbonyl (C=O) groups is 1. The van der Waals surface area contributed by atoms with E-state index in [0.717, 1.165) is 0 Å². The summed E-state index contributed by atoms with van der Waals surface area (Å²) in [4.78, 5) is 11.2. The van der Waals surface area contributed by atoms with Crippen LogP contribution >= 0.6 is 46.4 Å². The van der Waals surface area contributed by atoms with Gasteiger partial charge in [-0.05, 0) is 12.1 Å². The number of nitrogens with one attached hydrogen (secondary N) is 1. The third kappa shape index (κ3) is 3.91. The molecular formula is C9H7Cl4NO2. The molecule has 3 nitrogen and oxygen atoms in total. The molecule has 1 N–H and O–H groups in total. The third-order valence-corrected chi connectivity index (χ3v) is 2.49. The van der Waals surface area contributed by atoms with Gasteiger partial charge in [-0.1, -0.05) is 34.8 Å². The minimum absolute atomic E-state index is 0.0693. The van der Waals surface area contributed by atoms with E-state index in [0.29, 0.717) is 11.6 Å². The van der Waals surface area contributed by atoms with Crippen molar-refractivity contribution in [2.45, 2.75) is 0 Å². The van der Waals surface area contributed by atoms with E-state index in [9.17, 15) is 4.79 Å². The highest BCUT2D eigenvalue weighted by Gasteiger charge is 2.13. The Balaban J connectivity index is 2.77. The molecule has 0 fully saturated rings. The number of benzene rings is 1. The molecule has 0 spiro atoms. The van der Waals surface area contributed by atoms with Gasteiger partial charge in [0.15, 0.2) is 5.75 Å². The van der Waals surface area contributed by atoms with Gasteiger partial charge in [0.05, 0.1) is 10.0 Å². The van der Waals surface area contributed by atoms with Gasteiger partial charge in [-0.2, -0.15) is 0 Å². The van der Waals surface area contributed by atoms with Crippen molar-refractivity contribution in [1.29, 1.82) is 0 Å². The number of alkyl halides is 1. The van der Waals surface area contributed by atoms with Crippen LogP contribution in [0.3, 0.4) is 0 Å². The topological polar surface area (TPSA) is 38.3 Å². The van der Waals surface area contributed by atoms with Crippen molar-refractivity contribution in [2.75, 3.05) is 12.4 Å². The molecule has 0 saturated carbocycles. The Bertz CT molecular complexity index is 374. The molecule has 0 aliphatic carbocycles. The molecule has 88 valence electrons. The van der Waals surface area contributed by atoms with Gasteiger partial charge in [0.1, 0.15) is 0 Å². The Kier molecular flexibility index (Phi) is 5.49. The number of halogens is 4. The Morgan fingerprint density at radius 3 is 2.31 bits per heavy atom. The molecule has 0 saturated heterocycles. The lowest BCUT2D eigenvalue weighted by Crippen LogP contribution is -2.28. The van der Waals surface area contributed by atoms with Gasteiger partial charge < -0.3 is 10.1 Å². The van der Waals surface area contributed by atoms with Gasteiger partial charge in [0.2, 0.25) is 0 Å². The van der Waals surface area contributed by atoms with Gasteiger partial charge in [-0.3, -0.25) is 0 Å². The number of carbonyl (C=O) groups excluding carboxylic acids is 1. The van der Waals surface area contributed by atoms with Crippen molar-refractivity contribution in [3.63, 3.8) is 0 Å². The number of amides is 1. The molecule has 1 amide bonds. The van der Waals surface area contributed by atoms with Crippen molar-refractivity contribution in [2.24, 2.45) is 0 Å². The summed E-state index contributed by atoms with van der Waals surface area (Å²) in [6.45, 7) is 0.295. The molecule has 0 aromatic heterocycles. The molecule has 7 heteroatoms. The summed E-state index contributed by atoms with van der Waals surface area (Å²) in [6, 6.07) is 2.86. The summed E-state index contributed by atoms with van der Waals surface area (Å²) in [5.74, 6) is 0.358. The molecule has 0 bridgehead atoms. The number of rotatable bonds is 3.